The Labute approximate surface area is 104 Å². The molecule has 2 heteroatoms. The molecule has 1 unspecified atom stereocenters. The summed E-state index contributed by atoms with van der Waals surface area (Å²) in [5.41, 5.74) is 1.51. The van der Waals surface area contributed by atoms with Gasteiger partial charge < -0.3 is 5.32 Å². The van der Waals surface area contributed by atoms with Gasteiger partial charge in [0.15, 0.2) is 0 Å². The van der Waals surface area contributed by atoms with Crippen molar-refractivity contribution < 1.29 is 0 Å². The molecule has 0 spiro atoms. The van der Waals surface area contributed by atoms with Gasteiger partial charge in [-0.25, -0.2) is 0 Å². The van der Waals surface area contributed by atoms with Crippen molar-refractivity contribution in [2.24, 2.45) is 5.92 Å². The molecule has 0 aromatic carbocycles. The maximum absolute atomic E-state index is 3.52. The molecule has 0 aliphatic heterocycles. The summed E-state index contributed by atoms with van der Waals surface area (Å²) in [5, 5.41) is 5.73. The first kappa shape index (κ1) is 13.7. The van der Waals surface area contributed by atoms with Crippen LogP contribution in [-0.2, 0) is 0 Å². The number of rotatable bonds is 7. The first-order chi connectivity index (χ1) is 7.74. The second-order valence-electron chi connectivity index (χ2n) is 4.54. The highest BCUT2D eigenvalue weighted by atomic mass is 32.1. The van der Waals surface area contributed by atoms with Gasteiger partial charge in [0.25, 0.3) is 0 Å². The van der Waals surface area contributed by atoms with Crippen molar-refractivity contribution in [3.63, 3.8) is 0 Å². The van der Waals surface area contributed by atoms with Crippen molar-refractivity contribution in [3.05, 3.63) is 21.9 Å². The minimum absolute atomic E-state index is 0.547. The van der Waals surface area contributed by atoms with Crippen LogP contribution < -0.4 is 5.32 Å². The largest absolute Gasteiger partial charge is 0.313 e. The molecule has 92 valence electrons. The Morgan fingerprint density at radius 1 is 1.25 bits per heavy atom. The molecule has 0 saturated carbocycles. The Hall–Kier alpha value is -0.340. The Kier molecular flexibility index (Phi) is 6.07. The first-order valence-corrected chi connectivity index (χ1v) is 7.33. The summed E-state index contributed by atoms with van der Waals surface area (Å²) in [6, 6.07) is 2.84. The molecule has 1 aromatic rings. The van der Waals surface area contributed by atoms with Gasteiger partial charge in [0.2, 0.25) is 0 Å². The molecule has 1 rings (SSSR count). The third kappa shape index (κ3) is 3.33. The third-order valence-electron chi connectivity index (χ3n) is 3.34. The standard InChI is InChI=1S/C14H25NS/c1-5-7-12(8-6-2)14(15-4)13-9-10-16-11(13)3/h9-10,12,14-15H,5-8H2,1-4H3. The van der Waals surface area contributed by atoms with Crippen molar-refractivity contribution >= 4 is 11.3 Å². The lowest BCUT2D eigenvalue weighted by Gasteiger charge is -2.26. The van der Waals surface area contributed by atoms with E-state index in [2.05, 4.69) is 44.6 Å². The fourth-order valence-corrected chi connectivity index (χ4v) is 3.33. The number of hydrogen-bond donors (Lipinski definition) is 1. The summed E-state index contributed by atoms with van der Waals surface area (Å²) in [6.45, 7) is 6.81. The minimum Gasteiger partial charge on any atom is -0.313 e. The second kappa shape index (κ2) is 7.08. The van der Waals surface area contributed by atoms with E-state index < -0.39 is 0 Å². The van der Waals surface area contributed by atoms with Crippen LogP contribution in [0.5, 0.6) is 0 Å². The van der Waals surface area contributed by atoms with Gasteiger partial charge in [-0.1, -0.05) is 26.7 Å². The zero-order valence-corrected chi connectivity index (χ0v) is 11.9. The van der Waals surface area contributed by atoms with E-state index in [1.54, 1.807) is 0 Å². The van der Waals surface area contributed by atoms with Gasteiger partial charge >= 0.3 is 0 Å². The summed E-state index contributed by atoms with van der Waals surface area (Å²) >= 11 is 1.86. The summed E-state index contributed by atoms with van der Waals surface area (Å²) in [7, 11) is 2.10. The zero-order valence-electron chi connectivity index (χ0n) is 11.0. The highest BCUT2D eigenvalue weighted by Gasteiger charge is 2.22. The molecule has 0 fully saturated rings. The molecular formula is C14H25NS. The average Bonchev–Trinajstić information content (AvgIpc) is 2.67. The molecule has 0 aliphatic carbocycles. The van der Waals surface area contributed by atoms with E-state index >= 15 is 0 Å². The van der Waals surface area contributed by atoms with E-state index in [1.165, 1.54) is 36.1 Å². The van der Waals surface area contributed by atoms with Gasteiger partial charge in [0.1, 0.15) is 0 Å². The number of nitrogens with one attached hydrogen (secondary N) is 1. The summed E-state index contributed by atoms with van der Waals surface area (Å²) in [5.74, 6) is 0.785. The second-order valence-corrected chi connectivity index (χ2v) is 5.66. The first-order valence-electron chi connectivity index (χ1n) is 6.45. The fourth-order valence-electron chi connectivity index (χ4n) is 2.58. The van der Waals surface area contributed by atoms with Crippen LogP contribution in [0, 0.1) is 12.8 Å². The molecular weight excluding hydrogens is 214 g/mol. The zero-order chi connectivity index (χ0) is 12.0. The van der Waals surface area contributed by atoms with Gasteiger partial charge in [0, 0.05) is 10.9 Å². The maximum Gasteiger partial charge on any atom is 0.0357 e. The van der Waals surface area contributed by atoms with Gasteiger partial charge in [-0.05, 0) is 49.7 Å². The molecule has 0 aliphatic rings. The Morgan fingerprint density at radius 3 is 2.25 bits per heavy atom. The molecule has 1 nitrogen and oxygen atoms in total. The molecule has 0 amide bonds. The SMILES string of the molecule is CCCC(CCC)C(NC)c1ccsc1C. The Bertz CT molecular complexity index is 287. The molecule has 16 heavy (non-hydrogen) atoms. The minimum atomic E-state index is 0.547. The lowest BCUT2D eigenvalue weighted by molar-refractivity contribution is 0.331. The van der Waals surface area contributed by atoms with E-state index in [-0.39, 0.29) is 0 Å². The predicted molar refractivity (Wildman–Crippen MR) is 74.2 cm³/mol. The summed E-state index contributed by atoms with van der Waals surface area (Å²) in [6.07, 6.45) is 5.22. The average molecular weight is 239 g/mol. The van der Waals surface area contributed by atoms with Crippen LogP contribution in [0.15, 0.2) is 11.4 Å². The van der Waals surface area contributed by atoms with E-state index in [1.807, 2.05) is 11.3 Å². The van der Waals surface area contributed by atoms with Crippen LogP contribution in [-0.4, -0.2) is 7.05 Å². The molecule has 1 aromatic heterocycles. The van der Waals surface area contributed by atoms with Crippen molar-refractivity contribution in [3.8, 4) is 0 Å². The van der Waals surface area contributed by atoms with Crippen LogP contribution in [0.2, 0.25) is 0 Å². The fraction of sp³-hybridized carbons (Fsp3) is 0.714. The smallest absolute Gasteiger partial charge is 0.0357 e. The number of thiophene rings is 1. The third-order valence-corrected chi connectivity index (χ3v) is 4.20. The highest BCUT2D eigenvalue weighted by molar-refractivity contribution is 7.10. The topological polar surface area (TPSA) is 12.0 Å². The Morgan fingerprint density at radius 2 is 1.88 bits per heavy atom. The maximum atomic E-state index is 3.52. The Balaban J connectivity index is 2.81. The van der Waals surface area contributed by atoms with Crippen molar-refractivity contribution in [1.29, 1.82) is 0 Å². The van der Waals surface area contributed by atoms with Crippen molar-refractivity contribution in [1.82, 2.24) is 5.32 Å². The normalized spacial score (nSPS) is 13.3. The monoisotopic (exact) mass is 239 g/mol. The van der Waals surface area contributed by atoms with E-state index in [0.29, 0.717) is 6.04 Å². The predicted octanol–water partition coefficient (Wildman–Crippen LogP) is 4.53. The number of aryl methyl sites for hydroxylation is 1. The van der Waals surface area contributed by atoms with Gasteiger partial charge in [-0.15, -0.1) is 11.3 Å². The van der Waals surface area contributed by atoms with E-state index in [9.17, 15) is 0 Å². The molecule has 0 saturated heterocycles. The molecule has 1 N–H and O–H groups in total. The summed E-state index contributed by atoms with van der Waals surface area (Å²) < 4.78 is 0. The van der Waals surface area contributed by atoms with Crippen LogP contribution in [0.4, 0.5) is 0 Å². The van der Waals surface area contributed by atoms with Gasteiger partial charge in [-0.3, -0.25) is 0 Å². The highest BCUT2D eigenvalue weighted by Crippen LogP contribution is 2.33. The van der Waals surface area contributed by atoms with Crippen LogP contribution in [0.1, 0.15) is 56.0 Å². The quantitative estimate of drug-likeness (QED) is 0.737. The van der Waals surface area contributed by atoms with Crippen molar-refractivity contribution in [2.75, 3.05) is 7.05 Å². The van der Waals surface area contributed by atoms with E-state index in [0.717, 1.165) is 5.92 Å². The molecule has 0 radical (unpaired) electrons. The van der Waals surface area contributed by atoms with E-state index in [4.69, 9.17) is 0 Å². The van der Waals surface area contributed by atoms with Gasteiger partial charge in [0.05, 0.1) is 0 Å². The summed E-state index contributed by atoms with van der Waals surface area (Å²) in [4.78, 5) is 1.47. The van der Waals surface area contributed by atoms with Crippen LogP contribution in [0.3, 0.4) is 0 Å². The van der Waals surface area contributed by atoms with Crippen LogP contribution >= 0.6 is 11.3 Å². The van der Waals surface area contributed by atoms with Crippen molar-refractivity contribution in [2.45, 2.75) is 52.5 Å². The lowest BCUT2D eigenvalue weighted by Crippen LogP contribution is -2.25. The molecule has 0 bridgehead atoms. The number of hydrogen-bond acceptors (Lipinski definition) is 2. The molecule has 1 atom stereocenters. The lowest BCUT2D eigenvalue weighted by atomic mass is 9.86. The van der Waals surface area contributed by atoms with Gasteiger partial charge in [-0.2, -0.15) is 0 Å². The molecule has 1 heterocycles. The van der Waals surface area contributed by atoms with Crippen LogP contribution in [0.25, 0.3) is 0 Å².